The highest BCUT2D eigenvalue weighted by molar-refractivity contribution is 5.89. The minimum atomic E-state index is -0.436. The van der Waals surface area contributed by atoms with E-state index in [0.717, 1.165) is 22.5 Å². The van der Waals surface area contributed by atoms with Crippen molar-refractivity contribution in [1.82, 2.24) is 15.1 Å². The smallest absolute Gasteiger partial charge is 0.321 e. The lowest BCUT2D eigenvalue weighted by Crippen LogP contribution is -2.33. The van der Waals surface area contributed by atoms with Crippen molar-refractivity contribution in [1.29, 1.82) is 0 Å². The van der Waals surface area contributed by atoms with Crippen molar-refractivity contribution in [3.8, 4) is 0 Å². The fraction of sp³-hybridized carbons (Fsp3) is 0.375. The monoisotopic (exact) mass is 304 g/mol. The zero-order valence-electron chi connectivity index (χ0n) is 13.3. The molecule has 2 N–H and O–H groups in total. The SMILES string of the molecule is Cc1ccc(F)c(NC(=O)N(C)CCc2c(C)n[nH]c2C)c1. The number of aromatic amines is 1. The second-order valence-corrected chi connectivity index (χ2v) is 5.50. The van der Waals surface area contributed by atoms with Gasteiger partial charge in [-0.1, -0.05) is 6.07 Å². The summed E-state index contributed by atoms with van der Waals surface area (Å²) in [7, 11) is 1.69. The normalized spacial score (nSPS) is 10.6. The molecule has 6 heteroatoms. The number of halogens is 1. The van der Waals surface area contributed by atoms with Gasteiger partial charge < -0.3 is 10.2 Å². The first-order valence-electron chi connectivity index (χ1n) is 7.17. The van der Waals surface area contributed by atoms with Crippen LogP contribution in [0.5, 0.6) is 0 Å². The lowest BCUT2D eigenvalue weighted by molar-refractivity contribution is 0.223. The number of nitrogens with one attached hydrogen (secondary N) is 2. The molecule has 0 atom stereocenters. The number of benzene rings is 1. The number of aromatic nitrogens is 2. The Labute approximate surface area is 129 Å². The largest absolute Gasteiger partial charge is 0.327 e. The Morgan fingerprint density at radius 2 is 2.09 bits per heavy atom. The van der Waals surface area contributed by atoms with Gasteiger partial charge in [0.2, 0.25) is 0 Å². The fourth-order valence-electron chi connectivity index (χ4n) is 2.27. The lowest BCUT2D eigenvalue weighted by atomic mass is 10.1. The van der Waals surface area contributed by atoms with Crippen LogP contribution in [0.1, 0.15) is 22.5 Å². The van der Waals surface area contributed by atoms with Crippen molar-refractivity contribution >= 4 is 11.7 Å². The van der Waals surface area contributed by atoms with Gasteiger partial charge in [0.1, 0.15) is 5.82 Å². The van der Waals surface area contributed by atoms with Gasteiger partial charge in [-0.25, -0.2) is 9.18 Å². The molecule has 0 saturated heterocycles. The average Bonchev–Trinajstić information content (AvgIpc) is 2.79. The van der Waals surface area contributed by atoms with E-state index < -0.39 is 5.82 Å². The molecule has 0 aliphatic heterocycles. The molecule has 2 rings (SSSR count). The first kappa shape index (κ1) is 16.0. The maximum atomic E-state index is 13.7. The summed E-state index contributed by atoms with van der Waals surface area (Å²) < 4.78 is 13.7. The standard InChI is InChI=1S/C16H21FN4O/c1-10-5-6-14(17)15(9-10)18-16(22)21(4)8-7-13-11(2)19-20-12(13)3/h5-6,9H,7-8H2,1-4H3,(H,18,22)(H,19,20). The van der Waals surface area contributed by atoms with Crippen LogP contribution in [-0.4, -0.2) is 34.7 Å². The van der Waals surface area contributed by atoms with Gasteiger partial charge in [-0.3, -0.25) is 5.10 Å². The van der Waals surface area contributed by atoms with E-state index in [2.05, 4.69) is 15.5 Å². The zero-order chi connectivity index (χ0) is 16.3. The maximum absolute atomic E-state index is 13.7. The quantitative estimate of drug-likeness (QED) is 0.911. The molecule has 2 amide bonds. The number of carbonyl (C=O) groups is 1. The minimum absolute atomic E-state index is 0.201. The van der Waals surface area contributed by atoms with E-state index >= 15 is 0 Å². The third kappa shape index (κ3) is 3.63. The summed E-state index contributed by atoms with van der Waals surface area (Å²) in [6.45, 7) is 6.27. The molecule has 0 aliphatic carbocycles. The molecule has 1 aromatic carbocycles. The summed E-state index contributed by atoms with van der Waals surface area (Å²) in [5.74, 6) is -0.436. The van der Waals surface area contributed by atoms with Crippen LogP contribution in [0.2, 0.25) is 0 Å². The molecule has 118 valence electrons. The summed E-state index contributed by atoms with van der Waals surface area (Å²) >= 11 is 0. The van der Waals surface area contributed by atoms with Gasteiger partial charge in [-0.2, -0.15) is 5.10 Å². The molecule has 22 heavy (non-hydrogen) atoms. The predicted molar refractivity (Wildman–Crippen MR) is 84.6 cm³/mol. The van der Waals surface area contributed by atoms with Crippen LogP contribution in [0.4, 0.5) is 14.9 Å². The maximum Gasteiger partial charge on any atom is 0.321 e. The Kier molecular flexibility index (Phi) is 4.80. The second kappa shape index (κ2) is 6.60. The molecule has 0 bridgehead atoms. The molecular formula is C16H21FN4O. The number of amides is 2. The molecule has 0 aliphatic rings. The summed E-state index contributed by atoms with van der Waals surface area (Å²) in [6.07, 6.45) is 0.703. The molecule has 0 unspecified atom stereocenters. The minimum Gasteiger partial charge on any atom is -0.327 e. The molecular weight excluding hydrogens is 283 g/mol. The third-order valence-electron chi connectivity index (χ3n) is 3.69. The molecule has 2 aromatic rings. The summed E-state index contributed by atoms with van der Waals surface area (Å²) in [6, 6.07) is 4.30. The van der Waals surface area contributed by atoms with Crippen LogP contribution < -0.4 is 5.32 Å². The number of hydrogen-bond donors (Lipinski definition) is 2. The van der Waals surface area contributed by atoms with Crippen LogP contribution in [0, 0.1) is 26.6 Å². The van der Waals surface area contributed by atoms with E-state index in [1.165, 1.54) is 11.0 Å². The lowest BCUT2D eigenvalue weighted by Gasteiger charge is -2.18. The van der Waals surface area contributed by atoms with Crippen molar-refractivity contribution in [3.63, 3.8) is 0 Å². The van der Waals surface area contributed by atoms with Crippen LogP contribution in [0.25, 0.3) is 0 Å². The van der Waals surface area contributed by atoms with E-state index in [1.807, 2.05) is 20.8 Å². The number of rotatable bonds is 4. The van der Waals surface area contributed by atoms with Crippen molar-refractivity contribution in [2.45, 2.75) is 27.2 Å². The number of H-pyrrole nitrogens is 1. The Bertz CT molecular complexity index is 661. The van der Waals surface area contributed by atoms with Crippen LogP contribution >= 0.6 is 0 Å². The Morgan fingerprint density at radius 1 is 1.36 bits per heavy atom. The second-order valence-electron chi connectivity index (χ2n) is 5.50. The number of aryl methyl sites for hydroxylation is 3. The highest BCUT2D eigenvalue weighted by Crippen LogP contribution is 2.16. The first-order valence-corrected chi connectivity index (χ1v) is 7.17. The van der Waals surface area contributed by atoms with Gasteiger partial charge in [-0.05, 0) is 50.5 Å². The molecule has 1 aromatic heterocycles. The Balaban J connectivity index is 1.96. The van der Waals surface area contributed by atoms with Crippen molar-refractivity contribution in [3.05, 3.63) is 46.5 Å². The molecule has 0 spiro atoms. The number of nitrogens with zero attached hydrogens (tertiary/aromatic N) is 2. The highest BCUT2D eigenvalue weighted by Gasteiger charge is 2.13. The zero-order valence-corrected chi connectivity index (χ0v) is 13.3. The highest BCUT2D eigenvalue weighted by atomic mass is 19.1. The van der Waals surface area contributed by atoms with Gasteiger partial charge in [0.25, 0.3) is 0 Å². The van der Waals surface area contributed by atoms with Gasteiger partial charge in [0.05, 0.1) is 11.4 Å². The van der Waals surface area contributed by atoms with E-state index in [-0.39, 0.29) is 11.7 Å². The van der Waals surface area contributed by atoms with Gasteiger partial charge in [0.15, 0.2) is 0 Å². The van der Waals surface area contributed by atoms with Gasteiger partial charge >= 0.3 is 6.03 Å². The fourth-order valence-corrected chi connectivity index (χ4v) is 2.27. The molecule has 5 nitrogen and oxygen atoms in total. The topological polar surface area (TPSA) is 61.0 Å². The van der Waals surface area contributed by atoms with Crippen molar-refractivity contribution in [2.24, 2.45) is 0 Å². The molecule has 1 heterocycles. The van der Waals surface area contributed by atoms with Crippen LogP contribution in [0.15, 0.2) is 18.2 Å². The van der Waals surface area contributed by atoms with Gasteiger partial charge in [0, 0.05) is 19.3 Å². The third-order valence-corrected chi connectivity index (χ3v) is 3.69. The predicted octanol–water partition coefficient (Wildman–Crippen LogP) is 3.18. The summed E-state index contributed by atoms with van der Waals surface area (Å²) in [5.41, 5.74) is 4.16. The van der Waals surface area contributed by atoms with Crippen molar-refractivity contribution in [2.75, 3.05) is 18.9 Å². The van der Waals surface area contributed by atoms with E-state index in [9.17, 15) is 9.18 Å². The van der Waals surface area contributed by atoms with E-state index in [4.69, 9.17) is 0 Å². The number of carbonyl (C=O) groups excluding carboxylic acids is 1. The number of likely N-dealkylation sites (N-methyl/N-ethyl adjacent to an activating group) is 1. The summed E-state index contributed by atoms with van der Waals surface area (Å²) in [4.78, 5) is 13.7. The molecule has 0 saturated carbocycles. The Morgan fingerprint density at radius 3 is 2.73 bits per heavy atom. The summed E-state index contributed by atoms with van der Waals surface area (Å²) in [5, 5.41) is 9.66. The van der Waals surface area contributed by atoms with Crippen LogP contribution in [-0.2, 0) is 6.42 Å². The first-order chi connectivity index (χ1) is 10.4. The van der Waals surface area contributed by atoms with Crippen LogP contribution in [0.3, 0.4) is 0 Å². The number of hydrogen-bond acceptors (Lipinski definition) is 2. The average molecular weight is 304 g/mol. The molecule has 0 radical (unpaired) electrons. The van der Waals surface area contributed by atoms with Crippen molar-refractivity contribution < 1.29 is 9.18 Å². The van der Waals surface area contributed by atoms with Gasteiger partial charge in [-0.15, -0.1) is 0 Å². The van der Waals surface area contributed by atoms with E-state index in [0.29, 0.717) is 13.0 Å². The van der Waals surface area contributed by atoms with E-state index in [1.54, 1.807) is 19.2 Å². The Hall–Kier alpha value is -2.37. The number of urea groups is 1. The number of anilines is 1. The molecule has 0 fully saturated rings.